The second kappa shape index (κ2) is 7.36. The van der Waals surface area contributed by atoms with Crippen LogP contribution in [0.15, 0.2) is 35.1 Å². The second-order valence-corrected chi connectivity index (χ2v) is 9.66. The van der Waals surface area contributed by atoms with Crippen molar-refractivity contribution in [3.63, 3.8) is 0 Å². The first-order valence-electron chi connectivity index (χ1n) is 9.85. The molecule has 0 spiro atoms. The predicted molar refractivity (Wildman–Crippen MR) is 122 cm³/mol. The smallest absolute Gasteiger partial charge is 0.283 e. The molecule has 3 heterocycles. The van der Waals surface area contributed by atoms with Crippen LogP contribution in [0, 0.1) is 6.92 Å². The van der Waals surface area contributed by atoms with Crippen LogP contribution in [-0.2, 0) is 19.0 Å². The molecule has 0 aliphatic rings. The van der Waals surface area contributed by atoms with E-state index in [0.717, 1.165) is 26.8 Å². The highest BCUT2D eigenvalue weighted by Crippen LogP contribution is 2.30. The Labute approximate surface area is 179 Å². The van der Waals surface area contributed by atoms with E-state index in [-0.39, 0.29) is 11.0 Å². The highest BCUT2D eigenvalue weighted by molar-refractivity contribution is 7.15. The second-order valence-electron chi connectivity index (χ2n) is 8.57. The summed E-state index contributed by atoms with van der Waals surface area (Å²) in [5.41, 5.74) is 3.64. The number of benzene rings is 1. The number of aromatic nitrogens is 5. The predicted octanol–water partition coefficient (Wildman–Crippen LogP) is 4.02. The highest BCUT2D eigenvalue weighted by atomic mass is 32.1. The molecule has 0 saturated carbocycles. The van der Waals surface area contributed by atoms with Gasteiger partial charge in [0.25, 0.3) is 5.56 Å². The van der Waals surface area contributed by atoms with E-state index in [2.05, 4.69) is 43.1 Å². The summed E-state index contributed by atoms with van der Waals surface area (Å²) in [7, 11) is 3.69. The molecule has 0 aliphatic heterocycles. The molecular formula is C22H26N6OS. The molecular weight excluding hydrogens is 396 g/mol. The molecule has 4 rings (SSSR count). The molecule has 8 heteroatoms. The van der Waals surface area contributed by atoms with Crippen LogP contribution in [0.5, 0.6) is 0 Å². The molecule has 0 amide bonds. The van der Waals surface area contributed by atoms with E-state index in [1.165, 1.54) is 0 Å². The molecule has 0 bridgehead atoms. The average molecular weight is 423 g/mol. The average Bonchev–Trinajstić information content (AvgIpc) is 3.29. The standard InChI is InChI=1S/C22H26N6OS/c1-13-15(30-19(23-13)14-10-8-7-9-11-14)12-27(5)21-24-16-17(20(29)28(21)6)25-26-18(16)22(2,3)4/h7-11H,12H2,1-6H3,(H,25,26). The number of nitrogens with zero attached hydrogens (tertiary/aromatic N) is 5. The van der Waals surface area contributed by atoms with Crippen LogP contribution in [0.3, 0.4) is 0 Å². The number of anilines is 1. The molecule has 30 heavy (non-hydrogen) atoms. The number of fused-ring (bicyclic) bond motifs is 1. The summed E-state index contributed by atoms with van der Waals surface area (Å²) in [6.07, 6.45) is 0. The number of nitrogens with one attached hydrogen (secondary N) is 1. The minimum Gasteiger partial charge on any atom is -0.340 e. The van der Waals surface area contributed by atoms with Crippen LogP contribution in [0.4, 0.5) is 5.95 Å². The first kappa shape index (κ1) is 20.3. The third-order valence-corrected chi connectivity index (χ3v) is 6.34. The van der Waals surface area contributed by atoms with Crippen molar-refractivity contribution >= 4 is 28.3 Å². The zero-order chi connectivity index (χ0) is 21.6. The van der Waals surface area contributed by atoms with Gasteiger partial charge in [0.2, 0.25) is 5.95 Å². The maximum absolute atomic E-state index is 12.9. The van der Waals surface area contributed by atoms with Gasteiger partial charge < -0.3 is 4.90 Å². The molecule has 4 aromatic rings. The number of aryl methyl sites for hydroxylation is 1. The third kappa shape index (κ3) is 3.52. The van der Waals surface area contributed by atoms with Gasteiger partial charge in [-0.25, -0.2) is 9.97 Å². The summed E-state index contributed by atoms with van der Waals surface area (Å²) in [5.74, 6) is 0.605. The zero-order valence-electron chi connectivity index (χ0n) is 18.1. The maximum atomic E-state index is 12.9. The quantitative estimate of drug-likeness (QED) is 0.537. The van der Waals surface area contributed by atoms with Gasteiger partial charge in [-0.15, -0.1) is 11.3 Å². The largest absolute Gasteiger partial charge is 0.340 e. The monoisotopic (exact) mass is 422 g/mol. The van der Waals surface area contributed by atoms with Crippen LogP contribution in [0.2, 0.25) is 0 Å². The van der Waals surface area contributed by atoms with Crippen molar-refractivity contribution in [3.05, 3.63) is 57.0 Å². The Balaban J connectivity index is 1.72. The Morgan fingerprint density at radius 3 is 2.50 bits per heavy atom. The maximum Gasteiger partial charge on any atom is 0.283 e. The van der Waals surface area contributed by atoms with Crippen molar-refractivity contribution in [1.82, 2.24) is 24.7 Å². The van der Waals surface area contributed by atoms with Gasteiger partial charge in [0.15, 0.2) is 5.52 Å². The number of hydrogen-bond donors (Lipinski definition) is 1. The Morgan fingerprint density at radius 1 is 1.13 bits per heavy atom. The number of H-pyrrole nitrogens is 1. The van der Waals surface area contributed by atoms with E-state index in [1.807, 2.05) is 37.1 Å². The molecule has 0 unspecified atom stereocenters. The van der Waals surface area contributed by atoms with Crippen molar-refractivity contribution in [3.8, 4) is 10.6 Å². The molecule has 1 aromatic carbocycles. The minimum absolute atomic E-state index is 0.153. The van der Waals surface area contributed by atoms with Crippen LogP contribution in [0.25, 0.3) is 21.6 Å². The third-order valence-electron chi connectivity index (χ3n) is 5.15. The number of thiazole rings is 1. The Bertz CT molecular complexity index is 1260. The van der Waals surface area contributed by atoms with Crippen molar-refractivity contribution in [2.75, 3.05) is 11.9 Å². The molecule has 0 aliphatic carbocycles. The topological polar surface area (TPSA) is 79.7 Å². The van der Waals surface area contributed by atoms with Crippen LogP contribution in [0.1, 0.15) is 37.0 Å². The van der Waals surface area contributed by atoms with E-state index in [9.17, 15) is 4.79 Å². The van der Waals surface area contributed by atoms with Gasteiger partial charge in [-0.05, 0) is 6.92 Å². The van der Waals surface area contributed by atoms with Gasteiger partial charge >= 0.3 is 0 Å². The minimum atomic E-state index is -0.192. The summed E-state index contributed by atoms with van der Waals surface area (Å²) in [6, 6.07) is 10.2. The van der Waals surface area contributed by atoms with Crippen molar-refractivity contribution in [2.45, 2.75) is 39.7 Å². The fourth-order valence-corrected chi connectivity index (χ4v) is 4.57. The lowest BCUT2D eigenvalue weighted by atomic mass is 9.91. The van der Waals surface area contributed by atoms with E-state index in [1.54, 1.807) is 23.0 Å². The lowest BCUT2D eigenvalue weighted by molar-refractivity contribution is 0.570. The molecule has 0 saturated heterocycles. The van der Waals surface area contributed by atoms with Crippen LogP contribution >= 0.6 is 11.3 Å². The molecule has 3 aromatic heterocycles. The van der Waals surface area contributed by atoms with Crippen molar-refractivity contribution < 1.29 is 0 Å². The summed E-state index contributed by atoms with van der Waals surface area (Å²) in [5, 5.41) is 8.25. The Kier molecular flexibility index (Phi) is 4.97. The summed E-state index contributed by atoms with van der Waals surface area (Å²) in [4.78, 5) is 25.6. The molecule has 156 valence electrons. The van der Waals surface area contributed by atoms with E-state index < -0.39 is 0 Å². The van der Waals surface area contributed by atoms with Gasteiger partial charge in [-0.2, -0.15) is 5.10 Å². The van der Waals surface area contributed by atoms with Crippen molar-refractivity contribution in [1.29, 1.82) is 0 Å². The van der Waals surface area contributed by atoms with E-state index in [0.29, 0.717) is 23.5 Å². The van der Waals surface area contributed by atoms with Crippen LogP contribution in [-0.4, -0.2) is 31.8 Å². The fourth-order valence-electron chi connectivity index (χ4n) is 3.45. The number of aromatic amines is 1. The number of rotatable bonds is 4. The SMILES string of the molecule is Cc1nc(-c2ccccc2)sc1CN(C)c1nc2c(C(C)(C)C)[nH]nc2c(=O)n1C. The van der Waals surface area contributed by atoms with Gasteiger partial charge in [-0.1, -0.05) is 51.1 Å². The molecule has 1 N–H and O–H groups in total. The van der Waals surface area contributed by atoms with Gasteiger partial charge in [-0.3, -0.25) is 14.5 Å². The molecule has 0 radical (unpaired) electrons. The highest BCUT2D eigenvalue weighted by Gasteiger charge is 2.24. The fraction of sp³-hybridized carbons (Fsp3) is 0.364. The van der Waals surface area contributed by atoms with Gasteiger partial charge in [0.05, 0.1) is 17.9 Å². The summed E-state index contributed by atoms with van der Waals surface area (Å²) >= 11 is 1.67. The first-order chi connectivity index (χ1) is 14.2. The summed E-state index contributed by atoms with van der Waals surface area (Å²) < 4.78 is 1.56. The first-order valence-corrected chi connectivity index (χ1v) is 10.7. The lowest BCUT2D eigenvalue weighted by Crippen LogP contribution is -2.29. The van der Waals surface area contributed by atoms with Crippen LogP contribution < -0.4 is 10.5 Å². The van der Waals surface area contributed by atoms with Gasteiger partial charge in [0, 0.05) is 30.0 Å². The molecule has 0 atom stereocenters. The Morgan fingerprint density at radius 2 is 1.83 bits per heavy atom. The summed E-state index contributed by atoms with van der Waals surface area (Å²) in [6.45, 7) is 8.87. The molecule has 7 nitrogen and oxygen atoms in total. The lowest BCUT2D eigenvalue weighted by Gasteiger charge is -2.21. The van der Waals surface area contributed by atoms with Crippen molar-refractivity contribution in [2.24, 2.45) is 7.05 Å². The number of hydrogen-bond acceptors (Lipinski definition) is 6. The van der Waals surface area contributed by atoms with E-state index >= 15 is 0 Å². The van der Waals surface area contributed by atoms with Gasteiger partial charge in [0.1, 0.15) is 10.5 Å². The zero-order valence-corrected chi connectivity index (χ0v) is 19.0. The Hall–Kier alpha value is -3.00. The van der Waals surface area contributed by atoms with E-state index in [4.69, 9.17) is 9.97 Å². The molecule has 0 fully saturated rings. The normalized spacial score (nSPS) is 11.9.